The lowest BCUT2D eigenvalue weighted by atomic mass is 9.96. The maximum absolute atomic E-state index is 13.5. The van der Waals surface area contributed by atoms with Crippen molar-refractivity contribution in [2.75, 3.05) is 6.26 Å². The first-order chi connectivity index (χ1) is 14.9. The molecule has 0 saturated heterocycles. The Morgan fingerprint density at radius 2 is 2.00 bits per heavy atom. The standard InChI is InChI=1S/C23H22N2O3S3/c1-13(2)28-22(27)19-14(3)24-23-25(20(19)15-7-9-16(29-4)10-8-15)21(26)18(31-23)12-17-6-5-11-30-17/h5-13,20H,1-4H3/b18-12-. The van der Waals surface area contributed by atoms with Gasteiger partial charge < -0.3 is 4.74 Å². The number of esters is 1. The van der Waals surface area contributed by atoms with E-state index >= 15 is 0 Å². The third-order valence-corrected chi connectivity index (χ3v) is 7.38. The van der Waals surface area contributed by atoms with Crippen LogP contribution in [0.3, 0.4) is 0 Å². The van der Waals surface area contributed by atoms with Crippen LogP contribution < -0.4 is 14.9 Å². The van der Waals surface area contributed by atoms with E-state index in [1.54, 1.807) is 34.6 Å². The van der Waals surface area contributed by atoms with E-state index in [1.807, 2.05) is 68.0 Å². The number of hydrogen-bond acceptors (Lipinski definition) is 7. The molecule has 31 heavy (non-hydrogen) atoms. The Bertz CT molecular complexity index is 1310. The summed E-state index contributed by atoms with van der Waals surface area (Å²) >= 11 is 4.56. The van der Waals surface area contributed by atoms with Gasteiger partial charge in [-0.25, -0.2) is 9.79 Å². The number of hydrogen-bond donors (Lipinski definition) is 0. The van der Waals surface area contributed by atoms with Crippen LogP contribution in [0.15, 0.2) is 67.7 Å². The van der Waals surface area contributed by atoms with Gasteiger partial charge in [-0.3, -0.25) is 9.36 Å². The Kier molecular flexibility index (Phi) is 6.31. The average Bonchev–Trinajstić information content (AvgIpc) is 3.35. The van der Waals surface area contributed by atoms with Crippen LogP contribution in [0.1, 0.15) is 37.3 Å². The monoisotopic (exact) mass is 470 g/mol. The average molecular weight is 471 g/mol. The predicted molar refractivity (Wildman–Crippen MR) is 128 cm³/mol. The number of thioether (sulfide) groups is 1. The van der Waals surface area contributed by atoms with Gasteiger partial charge in [-0.05, 0) is 62.2 Å². The summed E-state index contributed by atoms with van der Waals surface area (Å²) in [5, 5.41) is 1.98. The van der Waals surface area contributed by atoms with Crippen molar-refractivity contribution in [2.45, 2.75) is 37.8 Å². The highest BCUT2D eigenvalue weighted by atomic mass is 32.2. The first-order valence-electron chi connectivity index (χ1n) is 9.80. The Labute approximate surface area is 192 Å². The second kappa shape index (κ2) is 8.98. The highest BCUT2D eigenvalue weighted by molar-refractivity contribution is 7.98. The van der Waals surface area contributed by atoms with E-state index in [4.69, 9.17) is 4.74 Å². The zero-order valence-electron chi connectivity index (χ0n) is 17.6. The number of rotatable bonds is 5. The van der Waals surface area contributed by atoms with Crippen molar-refractivity contribution in [3.8, 4) is 0 Å². The number of carbonyl (C=O) groups excluding carboxylic acids is 1. The van der Waals surface area contributed by atoms with Crippen LogP contribution in [0, 0.1) is 0 Å². The summed E-state index contributed by atoms with van der Waals surface area (Å²) in [6.45, 7) is 5.43. The Morgan fingerprint density at radius 1 is 1.26 bits per heavy atom. The predicted octanol–water partition coefficient (Wildman–Crippen LogP) is 3.97. The minimum atomic E-state index is -0.580. The molecule has 0 N–H and O–H groups in total. The zero-order valence-corrected chi connectivity index (χ0v) is 20.1. The van der Waals surface area contributed by atoms with E-state index in [1.165, 1.54) is 11.3 Å². The number of benzene rings is 1. The quantitative estimate of drug-likeness (QED) is 0.418. The molecule has 0 saturated carbocycles. The Hall–Kier alpha value is -2.42. The smallest absolute Gasteiger partial charge is 0.338 e. The van der Waals surface area contributed by atoms with Gasteiger partial charge >= 0.3 is 5.97 Å². The lowest BCUT2D eigenvalue weighted by Gasteiger charge is -2.25. The van der Waals surface area contributed by atoms with Gasteiger partial charge in [0.15, 0.2) is 4.80 Å². The van der Waals surface area contributed by atoms with Crippen molar-refractivity contribution >= 4 is 46.5 Å². The largest absolute Gasteiger partial charge is 0.459 e. The molecule has 2 aromatic heterocycles. The second-order valence-corrected chi connectivity index (χ2v) is 10.2. The van der Waals surface area contributed by atoms with Crippen molar-refractivity contribution in [3.63, 3.8) is 0 Å². The summed E-state index contributed by atoms with van der Waals surface area (Å²) in [5.41, 5.74) is 1.68. The molecule has 160 valence electrons. The number of carbonyl (C=O) groups is 1. The minimum Gasteiger partial charge on any atom is -0.459 e. The number of thiazole rings is 1. The molecule has 1 aromatic carbocycles. The lowest BCUT2D eigenvalue weighted by Crippen LogP contribution is -2.40. The van der Waals surface area contributed by atoms with Crippen molar-refractivity contribution in [1.29, 1.82) is 0 Å². The summed E-state index contributed by atoms with van der Waals surface area (Å²) in [6, 6.07) is 11.3. The van der Waals surface area contributed by atoms with Gasteiger partial charge in [-0.15, -0.1) is 23.1 Å². The van der Waals surface area contributed by atoms with Crippen LogP contribution in [0.2, 0.25) is 0 Å². The number of aromatic nitrogens is 1. The molecule has 3 heterocycles. The molecule has 4 rings (SSSR count). The van der Waals surface area contributed by atoms with Crippen molar-refractivity contribution in [2.24, 2.45) is 4.99 Å². The topological polar surface area (TPSA) is 60.7 Å². The van der Waals surface area contributed by atoms with Gasteiger partial charge in [0.2, 0.25) is 0 Å². The molecule has 1 unspecified atom stereocenters. The fraction of sp³-hybridized carbons (Fsp3) is 0.261. The molecular weight excluding hydrogens is 448 g/mol. The maximum Gasteiger partial charge on any atom is 0.338 e. The molecule has 0 amide bonds. The molecule has 0 bridgehead atoms. The first-order valence-corrected chi connectivity index (χ1v) is 12.7. The first kappa shape index (κ1) is 21.8. The fourth-order valence-corrected chi connectivity index (χ4v) is 5.64. The SMILES string of the molecule is CSc1ccc(C2C(C(=O)OC(C)C)=C(C)N=c3s/c(=C\c4cccs4)c(=O)n32)cc1. The molecule has 0 aliphatic carbocycles. The van der Waals surface area contributed by atoms with E-state index in [-0.39, 0.29) is 11.7 Å². The van der Waals surface area contributed by atoms with Crippen LogP contribution >= 0.6 is 34.4 Å². The third-order valence-electron chi connectivity index (χ3n) is 4.83. The van der Waals surface area contributed by atoms with Crippen LogP contribution in [0.4, 0.5) is 0 Å². The maximum atomic E-state index is 13.5. The zero-order chi connectivity index (χ0) is 22.1. The van der Waals surface area contributed by atoms with E-state index < -0.39 is 12.0 Å². The van der Waals surface area contributed by atoms with E-state index in [0.717, 1.165) is 15.3 Å². The van der Waals surface area contributed by atoms with Crippen LogP contribution in [0.25, 0.3) is 6.08 Å². The summed E-state index contributed by atoms with van der Waals surface area (Å²) in [4.78, 5) is 33.8. The molecule has 1 aliphatic rings. The molecule has 1 atom stereocenters. The lowest BCUT2D eigenvalue weighted by molar-refractivity contribution is -0.143. The molecule has 0 spiro atoms. The molecule has 5 nitrogen and oxygen atoms in total. The molecule has 1 aliphatic heterocycles. The van der Waals surface area contributed by atoms with Gasteiger partial charge in [0.05, 0.1) is 27.9 Å². The van der Waals surface area contributed by atoms with E-state index in [2.05, 4.69) is 4.99 Å². The van der Waals surface area contributed by atoms with Crippen LogP contribution in [-0.4, -0.2) is 22.9 Å². The van der Waals surface area contributed by atoms with Crippen LogP contribution in [-0.2, 0) is 9.53 Å². The van der Waals surface area contributed by atoms with Gasteiger partial charge in [-0.1, -0.05) is 29.5 Å². The molecule has 0 radical (unpaired) electrons. The van der Waals surface area contributed by atoms with Gasteiger partial charge in [0.25, 0.3) is 5.56 Å². The fourth-order valence-electron chi connectivity index (χ4n) is 3.46. The minimum absolute atomic E-state index is 0.154. The molecule has 3 aromatic rings. The Morgan fingerprint density at radius 3 is 2.61 bits per heavy atom. The summed E-state index contributed by atoms with van der Waals surface area (Å²) < 4.78 is 7.75. The van der Waals surface area contributed by atoms with Gasteiger partial charge in [0, 0.05) is 9.77 Å². The molecular formula is C23H22N2O3S3. The molecule has 0 fully saturated rings. The van der Waals surface area contributed by atoms with E-state index in [9.17, 15) is 9.59 Å². The number of fused-ring (bicyclic) bond motifs is 1. The van der Waals surface area contributed by atoms with Crippen molar-refractivity contribution < 1.29 is 9.53 Å². The molecule has 8 heteroatoms. The Balaban J connectivity index is 1.94. The van der Waals surface area contributed by atoms with Crippen molar-refractivity contribution in [3.05, 3.63) is 83.2 Å². The normalized spacial score (nSPS) is 16.4. The highest BCUT2D eigenvalue weighted by Gasteiger charge is 2.33. The van der Waals surface area contributed by atoms with Gasteiger partial charge in [0.1, 0.15) is 0 Å². The number of allylic oxidation sites excluding steroid dienone is 1. The summed E-state index contributed by atoms with van der Waals surface area (Å²) in [6.07, 6.45) is 3.63. The number of thiophene rings is 1. The highest BCUT2D eigenvalue weighted by Crippen LogP contribution is 2.32. The van der Waals surface area contributed by atoms with Crippen molar-refractivity contribution in [1.82, 2.24) is 4.57 Å². The van der Waals surface area contributed by atoms with E-state index in [0.29, 0.717) is 20.6 Å². The summed E-state index contributed by atoms with van der Waals surface area (Å²) in [7, 11) is 0. The number of nitrogens with zero attached hydrogens (tertiary/aromatic N) is 2. The van der Waals surface area contributed by atoms with Gasteiger partial charge in [-0.2, -0.15) is 0 Å². The van der Waals surface area contributed by atoms with Crippen LogP contribution in [0.5, 0.6) is 0 Å². The summed E-state index contributed by atoms with van der Waals surface area (Å²) in [5.74, 6) is -0.442. The third kappa shape index (κ3) is 4.33. The number of ether oxygens (including phenoxy) is 1. The second-order valence-electron chi connectivity index (χ2n) is 7.32.